The molecule has 0 saturated heterocycles. The molecule has 0 fully saturated rings. The quantitative estimate of drug-likeness (QED) is 0.160. The van der Waals surface area contributed by atoms with Crippen LogP contribution in [0.5, 0.6) is 0 Å². The van der Waals surface area contributed by atoms with Gasteiger partial charge in [-0.05, 0) is 61.8 Å². The first-order chi connectivity index (χ1) is 13.8. The lowest BCUT2D eigenvalue weighted by molar-refractivity contribution is -0.145. The zero-order valence-electron chi connectivity index (χ0n) is 17.4. The number of thiophene rings is 1. The Bertz CT molecular complexity index is 594. The van der Waals surface area contributed by atoms with Crippen molar-refractivity contribution in [2.24, 2.45) is 0 Å². The van der Waals surface area contributed by atoms with Crippen molar-refractivity contribution in [3.63, 3.8) is 0 Å². The van der Waals surface area contributed by atoms with Crippen LogP contribution in [0.3, 0.4) is 0 Å². The summed E-state index contributed by atoms with van der Waals surface area (Å²) in [6.07, 6.45) is 28.1. The number of unbranched alkanes of at least 4 members (excludes halogenated alkanes) is 4. The molecule has 0 atom stereocenters. The molecule has 1 aromatic heterocycles. The lowest BCUT2D eigenvalue weighted by Crippen LogP contribution is -2.03. The molecule has 0 aliphatic rings. The Morgan fingerprint density at radius 2 is 1.50 bits per heavy atom. The van der Waals surface area contributed by atoms with Crippen LogP contribution in [-0.4, -0.2) is 5.97 Å². The number of carbonyl (C=O) groups is 1. The fourth-order valence-electron chi connectivity index (χ4n) is 2.54. The highest BCUT2D eigenvalue weighted by atomic mass is 32.1. The van der Waals surface area contributed by atoms with Crippen LogP contribution in [-0.2, 0) is 16.1 Å². The summed E-state index contributed by atoms with van der Waals surface area (Å²) in [5, 5.41) is 4.00. The molecular formula is C25H36O2S. The molecule has 0 unspecified atom stereocenters. The van der Waals surface area contributed by atoms with Gasteiger partial charge in [-0.3, -0.25) is 4.79 Å². The van der Waals surface area contributed by atoms with Crippen LogP contribution in [0.1, 0.15) is 76.7 Å². The van der Waals surface area contributed by atoms with E-state index in [-0.39, 0.29) is 5.97 Å². The van der Waals surface area contributed by atoms with Crippen LogP contribution >= 0.6 is 11.3 Å². The molecule has 0 aliphatic carbocycles. The average molecular weight is 401 g/mol. The van der Waals surface area contributed by atoms with Crippen molar-refractivity contribution >= 4 is 17.3 Å². The van der Waals surface area contributed by atoms with E-state index in [1.165, 1.54) is 25.7 Å². The molecule has 0 amide bonds. The maximum Gasteiger partial charge on any atom is 0.306 e. The number of rotatable bonds is 16. The van der Waals surface area contributed by atoms with Gasteiger partial charge in [-0.15, -0.1) is 0 Å². The third-order valence-corrected chi connectivity index (χ3v) is 4.92. The van der Waals surface area contributed by atoms with E-state index in [1.54, 1.807) is 11.3 Å². The first-order valence-corrected chi connectivity index (χ1v) is 11.5. The SMILES string of the molecule is CCCCC/C=C/C/C=C/C/C=C/C/C=C/CCCC(=O)OCc1ccsc1. The van der Waals surface area contributed by atoms with Crippen LogP contribution in [0.2, 0.25) is 0 Å². The Balaban J connectivity index is 1.91. The molecule has 0 aliphatic heterocycles. The van der Waals surface area contributed by atoms with Crippen molar-refractivity contribution in [1.82, 2.24) is 0 Å². The number of hydrogen-bond acceptors (Lipinski definition) is 3. The van der Waals surface area contributed by atoms with Gasteiger partial charge in [0, 0.05) is 12.0 Å². The topological polar surface area (TPSA) is 26.3 Å². The summed E-state index contributed by atoms with van der Waals surface area (Å²) in [7, 11) is 0. The minimum absolute atomic E-state index is 0.109. The molecule has 0 spiro atoms. The van der Waals surface area contributed by atoms with Gasteiger partial charge in [-0.1, -0.05) is 68.4 Å². The van der Waals surface area contributed by atoms with Crippen LogP contribution in [0, 0.1) is 0 Å². The third kappa shape index (κ3) is 15.2. The smallest absolute Gasteiger partial charge is 0.306 e. The summed E-state index contributed by atoms with van der Waals surface area (Å²) in [5.41, 5.74) is 1.07. The van der Waals surface area contributed by atoms with Crippen molar-refractivity contribution in [3.8, 4) is 0 Å². The highest BCUT2D eigenvalue weighted by Crippen LogP contribution is 2.08. The van der Waals surface area contributed by atoms with E-state index >= 15 is 0 Å². The van der Waals surface area contributed by atoms with E-state index < -0.39 is 0 Å². The van der Waals surface area contributed by atoms with Gasteiger partial charge in [-0.2, -0.15) is 11.3 Å². The summed E-state index contributed by atoms with van der Waals surface area (Å²) in [6.45, 7) is 2.63. The van der Waals surface area contributed by atoms with Crippen molar-refractivity contribution in [2.45, 2.75) is 77.7 Å². The molecular weight excluding hydrogens is 364 g/mol. The number of ether oxygens (including phenoxy) is 1. The van der Waals surface area contributed by atoms with Crippen LogP contribution in [0.25, 0.3) is 0 Å². The number of carbonyl (C=O) groups excluding carboxylic acids is 1. The molecule has 0 saturated carbocycles. The fraction of sp³-hybridized carbons (Fsp3) is 0.480. The Kier molecular flexibility index (Phi) is 16.0. The molecule has 1 aromatic rings. The summed E-state index contributed by atoms with van der Waals surface area (Å²) >= 11 is 1.62. The predicted octanol–water partition coefficient (Wildman–Crippen LogP) is 7.94. The summed E-state index contributed by atoms with van der Waals surface area (Å²) in [4.78, 5) is 11.6. The normalized spacial score (nSPS) is 12.2. The second-order valence-electron chi connectivity index (χ2n) is 6.77. The van der Waals surface area contributed by atoms with E-state index in [9.17, 15) is 4.79 Å². The third-order valence-electron chi connectivity index (χ3n) is 4.19. The summed E-state index contributed by atoms with van der Waals surface area (Å²) < 4.78 is 5.24. The van der Waals surface area contributed by atoms with Gasteiger partial charge in [0.25, 0.3) is 0 Å². The Labute approximate surface area is 175 Å². The highest BCUT2D eigenvalue weighted by Gasteiger charge is 2.02. The zero-order valence-corrected chi connectivity index (χ0v) is 18.2. The molecule has 3 heteroatoms. The largest absolute Gasteiger partial charge is 0.461 e. The summed E-state index contributed by atoms with van der Waals surface area (Å²) in [5.74, 6) is -0.109. The van der Waals surface area contributed by atoms with Gasteiger partial charge >= 0.3 is 5.97 Å². The van der Waals surface area contributed by atoms with Gasteiger partial charge in [0.15, 0.2) is 0 Å². The van der Waals surface area contributed by atoms with Crippen molar-refractivity contribution in [2.75, 3.05) is 0 Å². The first-order valence-electron chi connectivity index (χ1n) is 10.6. The van der Waals surface area contributed by atoms with Crippen LogP contribution in [0.4, 0.5) is 0 Å². The molecule has 0 bridgehead atoms. The Hall–Kier alpha value is -1.87. The predicted molar refractivity (Wildman–Crippen MR) is 123 cm³/mol. The molecule has 1 heterocycles. The molecule has 1 rings (SSSR count). The lowest BCUT2D eigenvalue weighted by atomic mass is 10.2. The minimum Gasteiger partial charge on any atom is -0.461 e. The van der Waals surface area contributed by atoms with E-state index in [0.717, 1.165) is 37.7 Å². The number of esters is 1. The van der Waals surface area contributed by atoms with E-state index in [0.29, 0.717) is 13.0 Å². The molecule has 0 aromatic carbocycles. The van der Waals surface area contributed by atoms with Gasteiger partial charge in [-0.25, -0.2) is 0 Å². The molecule has 28 heavy (non-hydrogen) atoms. The standard InChI is InChI=1S/C25H36O2S/c1-2-3-4-5-6-7-8-9-10-11-12-13-14-15-16-17-18-19-25(26)27-22-24-20-21-28-23-24/h6-7,9-10,12-13,15-16,20-21,23H,2-5,8,11,14,17-19,22H2,1H3/b7-6+,10-9+,13-12+,16-15+. The Morgan fingerprint density at radius 3 is 2.07 bits per heavy atom. The molecule has 2 nitrogen and oxygen atoms in total. The van der Waals surface area contributed by atoms with E-state index in [4.69, 9.17) is 4.74 Å². The van der Waals surface area contributed by atoms with E-state index in [2.05, 4.69) is 55.5 Å². The average Bonchev–Trinajstić information content (AvgIpc) is 3.22. The number of hydrogen-bond donors (Lipinski definition) is 0. The maximum absolute atomic E-state index is 11.6. The van der Waals surface area contributed by atoms with Crippen LogP contribution in [0.15, 0.2) is 65.4 Å². The Morgan fingerprint density at radius 1 is 0.893 bits per heavy atom. The lowest BCUT2D eigenvalue weighted by Gasteiger charge is -2.02. The number of allylic oxidation sites excluding steroid dienone is 8. The van der Waals surface area contributed by atoms with Crippen molar-refractivity contribution in [3.05, 3.63) is 71.0 Å². The molecule has 154 valence electrons. The maximum atomic E-state index is 11.6. The van der Waals surface area contributed by atoms with Gasteiger partial charge in [0.1, 0.15) is 6.61 Å². The van der Waals surface area contributed by atoms with Crippen LogP contribution < -0.4 is 0 Å². The summed E-state index contributed by atoms with van der Waals surface area (Å²) in [6, 6.07) is 1.98. The first kappa shape index (κ1) is 24.2. The van der Waals surface area contributed by atoms with E-state index in [1.807, 2.05) is 16.8 Å². The van der Waals surface area contributed by atoms with Gasteiger partial charge in [0.2, 0.25) is 0 Å². The fourth-order valence-corrected chi connectivity index (χ4v) is 3.19. The van der Waals surface area contributed by atoms with Gasteiger partial charge in [0.05, 0.1) is 0 Å². The zero-order chi connectivity index (χ0) is 20.1. The molecule has 0 radical (unpaired) electrons. The second-order valence-corrected chi connectivity index (χ2v) is 7.55. The second kappa shape index (κ2) is 18.5. The minimum atomic E-state index is -0.109. The van der Waals surface area contributed by atoms with Crippen molar-refractivity contribution < 1.29 is 9.53 Å². The monoisotopic (exact) mass is 400 g/mol. The van der Waals surface area contributed by atoms with Crippen molar-refractivity contribution in [1.29, 1.82) is 0 Å². The van der Waals surface area contributed by atoms with Gasteiger partial charge < -0.3 is 4.74 Å². The molecule has 0 N–H and O–H groups in total. The highest BCUT2D eigenvalue weighted by molar-refractivity contribution is 7.07.